The molecule has 0 aliphatic rings. The molecule has 3 aromatic heterocycles. The second-order valence-corrected chi connectivity index (χ2v) is 6.69. The highest BCUT2D eigenvalue weighted by Crippen LogP contribution is 2.37. The SMILES string of the molecule is CNc1nc(Sc2ncccc2Cl)c2cc(C)sc2n1. The zero-order chi connectivity index (χ0) is 14.1. The molecule has 3 aromatic rings. The van der Waals surface area contributed by atoms with Gasteiger partial charge in [-0.1, -0.05) is 11.6 Å². The molecular formula is C13H11ClN4S2. The minimum Gasteiger partial charge on any atom is -0.357 e. The predicted molar refractivity (Wildman–Crippen MR) is 85.1 cm³/mol. The Labute approximate surface area is 129 Å². The molecule has 0 aliphatic heterocycles. The highest BCUT2D eigenvalue weighted by atomic mass is 35.5. The van der Waals surface area contributed by atoms with Gasteiger partial charge in [0.2, 0.25) is 5.95 Å². The van der Waals surface area contributed by atoms with Crippen LogP contribution < -0.4 is 5.32 Å². The van der Waals surface area contributed by atoms with Crippen LogP contribution in [0.15, 0.2) is 34.4 Å². The summed E-state index contributed by atoms with van der Waals surface area (Å²) in [6, 6.07) is 5.74. The number of halogens is 1. The molecule has 3 heterocycles. The third-order valence-corrected chi connectivity index (χ3v) is 5.01. The second kappa shape index (κ2) is 5.55. The van der Waals surface area contributed by atoms with Gasteiger partial charge in [-0.2, -0.15) is 0 Å². The lowest BCUT2D eigenvalue weighted by atomic mass is 10.4. The van der Waals surface area contributed by atoms with Crippen molar-refractivity contribution in [2.75, 3.05) is 12.4 Å². The van der Waals surface area contributed by atoms with Gasteiger partial charge in [-0.15, -0.1) is 11.3 Å². The molecule has 0 radical (unpaired) electrons. The van der Waals surface area contributed by atoms with Crippen LogP contribution in [0.3, 0.4) is 0 Å². The van der Waals surface area contributed by atoms with E-state index in [0.29, 0.717) is 11.0 Å². The number of hydrogen-bond acceptors (Lipinski definition) is 6. The van der Waals surface area contributed by atoms with Crippen LogP contribution >= 0.6 is 34.7 Å². The summed E-state index contributed by atoms with van der Waals surface area (Å²) in [4.78, 5) is 15.5. The molecule has 0 saturated carbocycles. The smallest absolute Gasteiger partial charge is 0.224 e. The van der Waals surface area contributed by atoms with Crippen molar-refractivity contribution in [3.8, 4) is 0 Å². The van der Waals surface area contributed by atoms with Crippen molar-refractivity contribution < 1.29 is 0 Å². The Balaban J connectivity index is 2.12. The first kappa shape index (κ1) is 13.6. The lowest BCUT2D eigenvalue weighted by molar-refractivity contribution is 1.08. The van der Waals surface area contributed by atoms with Crippen molar-refractivity contribution in [3.63, 3.8) is 0 Å². The second-order valence-electron chi connectivity index (χ2n) is 4.07. The fourth-order valence-electron chi connectivity index (χ4n) is 1.74. The van der Waals surface area contributed by atoms with E-state index in [-0.39, 0.29) is 0 Å². The lowest BCUT2D eigenvalue weighted by Gasteiger charge is -2.05. The van der Waals surface area contributed by atoms with Crippen molar-refractivity contribution in [1.29, 1.82) is 0 Å². The molecule has 7 heteroatoms. The summed E-state index contributed by atoms with van der Waals surface area (Å²) in [5.41, 5.74) is 0. The number of fused-ring (bicyclic) bond motifs is 1. The van der Waals surface area contributed by atoms with E-state index in [1.807, 2.05) is 19.2 Å². The minimum absolute atomic E-state index is 0.605. The number of nitrogens with zero attached hydrogens (tertiary/aromatic N) is 3. The number of aryl methyl sites for hydroxylation is 1. The van der Waals surface area contributed by atoms with Crippen LogP contribution in [0.2, 0.25) is 5.02 Å². The van der Waals surface area contributed by atoms with E-state index in [4.69, 9.17) is 11.6 Å². The van der Waals surface area contributed by atoms with Crippen molar-refractivity contribution >= 4 is 50.9 Å². The molecule has 0 fully saturated rings. The Morgan fingerprint density at radius 2 is 2.15 bits per heavy atom. The standard InChI is InChI=1S/C13H11ClN4S2/c1-7-6-8-10(19-7)17-13(15-2)18-11(8)20-12-9(14)4-3-5-16-12/h3-6H,1-2H3,(H,15,17,18). The summed E-state index contributed by atoms with van der Waals surface area (Å²) in [5.74, 6) is 0.605. The first-order valence-corrected chi connectivity index (χ1v) is 7.93. The van der Waals surface area contributed by atoms with Crippen LogP contribution in [0.4, 0.5) is 5.95 Å². The van der Waals surface area contributed by atoms with E-state index in [0.717, 1.165) is 20.3 Å². The molecule has 20 heavy (non-hydrogen) atoms. The summed E-state index contributed by atoms with van der Waals surface area (Å²) in [6.45, 7) is 2.06. The van der Waals surface area contributed by atoms with Gasteiger partial charge in [0, 0.05) is 23.5 Å². The van der Waals surface area contributed by atoms with Crippen molar-refractivity contribution in [2.45, 2.75) is 17.0 Å². The first-order valence-electron chi connectivity index (χ1n) is 5.91. The Morgan fingerprint density at radius 3 is 2.90 bits per heavy atom. The maximum absolute atomic E-state index is 6.16. The summed E-state index contributed by atoms with van der Waals surface area (Å²) in [6.07, 6.45) is 1.73. The average Bonchev–Trinajstić information content (AvgIpc) is 2.81. The third kappa shape index (κ3) is 2.59. The number of anilines is 1. The molecule has 0 spiro atoms. The maximum atomic E-state index is 6.16. The molecule has 1 N–H and O–H groups in total. The van der Waals surface area contributed by atoms with Crippen molar-refractivity contribution in [3.05, 3.63) is 34.3 Å². The van der Waals surface area contributed by atoms with Gasteiger partial charge in [0.15, 0.2) is 0 Å². The van der Waals surface area contributed by atoms with Crippen molar-refractivity contribution in [1.82, 2.24) is 15.0 Å². The molecule has 102 valence electrons. The molecule has 4 nitrogen and oxygen atoms in total. The zero-order valence-electron chi connectivity index (χ0n) is 10.8. The molecule has 0 saturated heterocycles. The molecule has 0 aromatic carbocycles. The lowest BCUT2D eigenvalue weighted by Crippen LogP contribution is -1.97. The fourth-order valence-corrected chi connectivity index (χ4v) is 3.78. The van der Waals surface area contributed by atoms with E-state index >= 15 is 0 Å². The van der Waals surface area contributed by atoms with Gasteiger partial charge in [-0.05, 0) is 36.9 Å². The van der Waals surface area contributed by atoms with Crippen LogP contribution in [0.1, 0.15) is 4.88 Å². The largest absolute Gasteiger partial charge is 0.357 e. The first-order chi connectivity index (χ1) is 9.67. The number of hydrogen-bond donors (Lipinski definition) is 1. The van der Waals surface area contributed by atoms with Gasteiger partial charge in [-0.25, -0.2) is 15.0 Å². The van der Waals surface area contributed by atoms with Crippen LogP contribution in [0, 0.1) is 6.92 Å². The Kier molecular flexibility index (Phi) is 3.78. The number of nitrogens with one attached hydrogen (secondary N) is 1. The molecule has 0 amide bonds. The van der Waals surface area contributed by atoms with Gasteiger partial charge in [0.25, 0.3) is 0 Å². The molecule has 0 bridgehead atoms. The van der Waals surface area contributed by atoms with Gasteiger partial charge < -0.3 is 5.32 Å². The zero-order valence-corrected chi connectivity index (χ0v) is 13.2. The predicted octanol–water partition coefficient (Wildman–Crippen LogP) is 4.24. The van der Waals surface area contributed by atoms with E-state index in [1.165, 1.54) is 16.6 Å². The van der Waals surface area contributed by atoms with Gasteiger partial charge in [-0.3, -0.25) is 0 Å². The van der Waals surface area contributed by atoms with Gasteiger partial charge in [0.05, 0.1) is 5.02 Å². The molecule has 3 rings (SSSR count). The van der Waals surface area contributed by atoms with Crippen LogP contribution in [-0.2, 0) is 0 Å². The van der Waals surface area contributed by atoms with E-state index in [2.05, 4.69) is 33.3 Å². The van der Waals surface area contributed by atoms with E-state index < -0.39 is 0 Å². The topological polar surface area (TPSA) is 50.7 Å². The highest BCUT2D eigenvalue weighted by Gasteiger charge is 2.13. The third-order valence-electron chi connectivity index (χ3n) is 2.62. The molecule has 0 unspecified atom stereocenters. The molecule has 0 aliphatic carbocycles. The Morgan fingerprint density at radius 1 is 1.30 bits per heavy atom. The average molecular weight is 323 g/mol. The quantitative estimate of drug-likeness (QED) is 0.731. The summed E-state index contributed by atoms with van der Waals surface area (Å²) >= 11 is 9.28. The Bertz CT molecular complexity index is 772. The fraction of sp³-hybridized carbons (Fsp3) is 0.154. The Hall–Kier alpha value is -1.37. The monoisotopic (exact) mass is 322 g/mol. The minimum atomic E-state index is 0.605. The van der Waals surface area contributed by atoms with Gasteiger partial charge in [0.1, 0.15) is 14.9 Å². The number of pyridine rings is 1. The number of thiophene rings is 1. The summed E-state index contributed by atoms with van der Waals surface area (Å²) in [7, 11) is 1.81. The number of rotatable bonds is 3. The molecular weight excluding hydrogens is 312 g/mol. The maximum Gasteiger partial charge on any atom is 0.224 e. The van der Waals surface area contributed by atoms with E-state index in [1.54, 1.807) is 17.5 Å². The summed E-state index contributed by atoms with van der Waals surface area (Å²) < 4.78 is 0. The number of aromatic nitrogens is 3. The normalized spacial score (nSPS) is 10.9. The van der Waals surface area contributed by atoms with E-state index in [9.17, 15) is 0 Å². The molecule has 0 atom stereocenters. The van der Waals surface area contributed by atoms with Crippen LogP contribution in [0.5, 0.6) is 0 Å². The van der Waals surface area contributed by atoms with Crippen LogP contribution in [0.25, 0.3) is 10.2 Å². The highest BCUT2D eigenvalue weighted by molar-refractivity contribution is 7.99. The van der Waals surface area contributed by atoms with Crippen molar-refractivity contribution in [2.24, 2.45) is 0 Å². The van der Waals surface area contributed by atoms with Gasteiger partial charge >= 0.3 is 0 Å². The van der Waals surface area contributed by atoms with Crippen LogP contribution in [-0.4, -0.2) is 22.0 Å². The summed E-state index contributed by atoms with van der Waals surface area (Å²) in [5, 5.41) is 6.27.